The lowest BCUT2D eigenvalue weighted by atomic mass is 10.4. The maximum Gasteiger partial charge on any atom is 0.342 e. The van der Waals surface area contributed by atoms with E-state index in [-0.39, 0.29) is 12.4 Å². The van der Waals surface area contributed by atoms with Crippen molar-refractivity contribution in [2.45, 2.75) is 13.3 Å². The highest BCUT2D eigenvalue weighted by molar-refractivity contribution is 6.18. The molecule has 2 amide bonds. The van der Waals surface area contributed by atoms with Crippen LogP contribution in [0.4, 0.5) is 4.79 Å². The fourth-order valence-electron chi connectivity index (χ4n) is 0.880. The second-order valence-electron chi connectivity index (χ2n) is 2.60. The second kappa shape index (κ2) is 6.65. The van der Waals surface area contributed by atoms with Gasteiger partial charge in [-0.3, -0.25) is 0 Å². The van der Waals surface area contributed by atoms with Crippen LogP contribution in [-0.4, -0.2) is 42.0 Å². The van der Waals surface area contributed by atoms with Crippen LogP contribution in [0.3, 0.4) is 0 Å². The van der Waals surface area contributed by atoms with Gasteiger partial charge in [0.2, 0.25) is 0 Å². The number of carbonyl (C=O) groups excluding carboxylic acids is 1. The van der Waals surface area contributed by atoms with Crippen molar-refractivity contribution in [3.63, 3.8) is 0 Å². The lowest BCUT2D eigenvalue weighted by molar-refractivity contribution is 0.166. The van der Waals surface area contributed by atoms with Crippen LogP contribution in [0.1, 0.15) is 13.3 Å². The van der Waals surface area contributed by atoms with Gasteiger partial charge in [0, 0.05) is 19.5 Å². The Morgan fingerprint density at radius 1 is 1.46 bits per heavy atom. The molecule has 0 heterocycles. The molecule has 0 aromatic rings. The molecule has 0 aromatic heterocycles. The zero-order valence-corrected chi connectivity index (χ0v) is 8.62. The molecule has 0 atom stereocenters. The van der Waals surface area contributed by atoms with E-state index in [0.717, 1.165) is 11.4 Å². The minimum absolute atomic E-state index is 0.151. The summed E-state index contributed by atoms with van der Waals surface area (Å²) in [5.74, 6) is 0.206. The molecule has 76 valence electrons. The van der Waals surface area contributed by atoms with Crippen molar-refractivity contribution in [1.29, 1.82) is 0 Å². The zero-order chi connectivity index (χ0) is 10.3. The first-order chi connectivity index (χ1) is 6.17. The number of hydrogen-bond donors (Lipinski definition) is 0. The number of carbonyl (C=O) groups is 1. The lowest BCUT2D eigenvalue weighted by Gasteiger charge is -2.20. The molecule has 0 saturated heterocycles. The Kier molecular flexibility index (Phi) is 6.22. The van der Waals surface area contributed by atoms with Crippen molar-refractivity contribution in [2.24, 2.45) is 5.29 Å². The third-order valence-electron chi connectivity index (χ3n) is 1.50. The van der Waals surface area contributed by atoms with E-state index in [0.29, 0.717) is 6.54 Å². The fourth-order valence-corrected chi connectivity index (χ4v) is 1.04. The van der Waals surface area contributed by atoms with Gasteiger partial charge in [-0.05, 0) is 6.42 Å². The highest BCUT2D eigenvalue weighted by Crippen LogP contribution is 1.99. The molecule has 0 rings (SSSR count). The zero-order valence-electron chi connectivity index (χ0n) is 7.86. The monoisotopic (exact) mass is 207 g/mol. The largest absolute Gasteiger partial charge is 0.342 e. The Balaban J connectivity index is 4.10. The van der Waals surface area contributed by atoms with Gasteiger partial charge in [-0.15, -0.1) is 16.5 Å². The van der Waals surface area contributed by atoms with E-state index in [9.17, 15) is 9.70 Å². The Morgan fingerprint density at radius 3 is 2.46 bits per heavy atom. The first-order valence-corrected chi connectivity index (χ1v) is 4.62. The van der Waals surface area contributed by atoms with Crippen LogP contribution in [0.5, 0.6) is 0 Å². The molecule has 5 nitrogen and oxygen atoms in total. The number of hydrogen-bond acceptors (Lipinski definition) is 3. The van der Waals surface area contributed by atoms with E-state index >= 15 is 0 Å². The molecule has 0 bridgehead atoms. The summed E-state index contributed by atoms with van der Waals surface area (Å²) in [6.45, 7) is 2.70. The summed E-state index contributed by atoms with van der Waals surface area (Å²) in [5, 5.41) is 3.41. The van der Waals surface area contributed by atoms with Crippen LogP contribution < -0.4 is 0 Å². The van der Waals surface area contributed by atoms with E-state index in [4.69, 9.17) is 11.6 Å². The molecular formula is C7H14ClN3O2. The summed E-state index contributed by atoms with van der Waals surface area (Å²) < 4.78 is 0. The SMILES string of the molecule is CCCN(C)C(=O)N(CCCl)N=O. The van der Waals surface area contributed by atoms with Crippen molar-refractivity contribution < 1.29 is 4.79 Å². The summed E-state index contributed by atoms with van der Waals surface area (Å²) in [7, 11) is 1.62. The maximum atomic E-state index is 11.4. The smallest absolute Gasteiger partial charge is 0.326 e. The molecule has 0 N–H and O–H groups in total. The van der Waals surface area contributed by atoms with Gasteiger partial charge in [0.05, 0.1) is 11.8 Å². The van der Waals surface area contributed by atoms with Gasteiger partial charge in [0.1, 0.15) is 0 Å². The predicted molar refractivity (Wildman–Crippen MR) is 51.5 cm³/mol. The Hall–Kier alpha value is -0.840. The average Bonchev–Trinajstić information content (AvgIpc) is 2.13. The van der Waals surface area contributed by atoms with E-state index in [1.807, 2.05) is 6.92 Å². The van der Waals surface area contributed by atoms with E-state index in [2.05, 4.69) is 5.29 Å². The lowest BCUT2D eigenvalue weighted by Crippen LogP contribution is -2.39. The number of alkyl halides is 1. The van der Waals surface area contributed by atoms with Gasteiger partial charge in [-0.25, -0.2) is 4.79 Å². The van der Waals surface area contributed by atoms with Crippen LogP contribution in [0.2, 0.25) is 0 Å². The highest BCUT2D eigenvalue weighted by atomic mass is 35.5. The van der Waals surface area contributed by atoms with E-state index in [1.165, 1.54) is 4.90 Å². The van der Waals surface area contributed by atoms with E-state index in [1.54, 1.807) is 7.05 Å². The molecule has 13 heavy (non-hydrogen) atoms. The number of urea groups is 1. The third-order valence-corrected chi connectivity index (χ3v) is 1.67. The van der Waals surface area contributed by atoms with Gasteiger partial charge in [0.25, 0.3) is 0 Å². The van der Waals surface area contributed by atoms with Crippen LogP contribution in [0, 0.1) is 4.91 Å². The average molecular weight is 208 g/mol. The maximum absolute atomic E-state index is 11.4. The van der Waals surface area contributed by atoms with Crippen molar-refractivity contribution in [3.05, 3.63) is 4.91 Å². The van der Waals surface area contributed by atoms with Crippen molar-refractivity contribution in [3.8, 4) is 0 Å². The second-order valence-corrected chi connectivity index (χ2v) is 2.98. The molecule has 0 fully saturated rings. The quantitative estimate of drug-likeness (QED) is 0.391. The van der Waals surface area contributed by atoms with Crippen molar-refractivity contribution in [1.82, 2.24) is 9.91 Å². The van der Waals surface area contributed by atoms with Crippen LogP contribution >= 0.6 is 11.6 Å². The number of nitrogens with zero attached hydrogens (tertiary/aromatic N) is 3. The summed E-state index contributed by atoms with van der Waals surface area (Å²) in [6.07, 6.45) is 0.843. The molecule has 0 radical (unpaired) electrons. The van der Waals surface area contributed by atoms with Gasteiger partial charge in [0.15, 0.2) is 0 Å². The summed E-state index contributed by atoms with van der Waals surface area (Å²) >= 11 is 5.39. The van der Waals surface area contributed by atoms with Gasteiger partial charge in [-0.2, -0.15) is 5.01 Å². The summed E-state index contributed by atoms with van der Waals surface area (Å²) in [4.78, 5) is 23.0. The molecule has 0 saturated carbocycles. The van der Waals surface area contributed by atoms with Crippen LogP contribution in [0.15, 0.2) is 5.29 Å². The molecule has 0 aliphatic heterocycles. The van der Waals surface area contributed by atoms with Crippen molar-refractivity contribution in [2.75, 3.05) is 26.0 Å². The standard InChI is InChI=1S/C7H14ClN3O2/c1-3-5-10(2)7(12)11(9-13)6-4-8/h3-6H2,1-2H3. The minimum Gasteiger partial charge on any atom is -0.326 e. The Bertz CT molecular complexity index is 177. The van der Waals surface area contributed by atoms with E-state index < -0.39 is 6.03 Å². The number of halogens is 1. The molecule has 0 aromatic carbocycles. The number of amides is 2. The van der Waals surface area contributed by atoms with Crippen LogP contribution in [0.25, 0.3) is 0 Å². The normalized spacial score (nSPS) is 9.46. The van der Waals surface area contributed by atoms with Gasteiger partial charge >= 0.3 is 6.03 Å². The van der Waals surface area contributed by atoms with Crippen molar-refractivity contribution >= 4 is 17.6 Å². The topological polar surface area (TPSA) is 53.0 Å². The summed E-state index contributed by atoms with van der Waals surface area (Å²) in [6, 6.07) is -0.405. The van der Waals surface area contributed by atoms with Gasteiger partial charge in [-0.1, -0.05) is 6.92 Å². The Morgan fingerprint density at radius 2 is 2.08 bits per heavy atom. The predicted octanol–water partition coefficient (Wildman–Crippen LogP) is 1.67. The third kappa shape index (κ3) is 4.07. The van der Waals surface area contributed by atoms with Gasteiger partial charge < -0.3 is 4.90 Å². The summed E-state index contributed by atoms with van der Waals surface area (Å²) in [5.41, 5.74) is 0. The molecule has 0 aliphatic rings. The molecule has 0 spiro atoms. The molecule has 0 aliphatic carbocycles. The molecule has 6 heteroatoms. The van der Waals surface area contributed by atoms with Crippen LogP contribution in [-0.2, 0) is 0 Å². The highest BCUT2D eigenvalue weighted by Gasteiger charge is 2.16. The number of nitroso groups, excluding NO2 is 1. The molecule has 0 unspecified atom stereocenters. The number of rotatable bonds is 5. The Labute approximate surface area is 82.6 Å². The minimum atomic E-state index is -0.405. The fraction of sp³-hybridized carbons (Fsp3) is 0.857. The first-order valence-electron chi connectivity index (χ1n) is 4.09. The molecular weight excluding hydrogens is 194 g/mol. The first kappa shape index (κ1) is 12.2.